The number of nitrogens with one attached hydrogen (secondary N) is 1. The highest BCUT2D eigenvalue weighted by Gasteiger charge is 2.22. The third-order valence-electron chi connectivity index (χ3n) is 3.76. The Morgan fingerprint density at radius 2 is 2.10 bits per heavy atom. The first kappa shape index (κ1) is 14.2. The fraction of sp³-hybridized carbons (Fsp3) is 0.333. The van der Waals surface area contributed by atoms with Crippen molar-refractivity contribution in [1.29, 1.82) is 0 Å². The number of hydrogen-bond acceptors (Lipinski definition) is 3. The molecule has 0 amide bonds. The van der Waals surface area contributed by atoms with Gasteiger partial charge in [-0.1, -0.05) is 12.1 Å². The zero-order valence-corrected chi connectivity index (χ0v) is 13.4. The molecule has 0 spiro atoms. The summed E-state index contributed by atoms with van der Waals surface area (Å²) in [4.78, 5) is 2.53. The van der Waals surface area contributed by atoms with Crippen LogP contribution in [-0.4, -0.2) is 0 Å². The maximum absolute atomic E-state index is 14.3. The summed E-state index contributed by atoms with van der Waals surface area (Å²) in [6, 6.07) is 7.21. The molecule has 3 N–H and O–H groups in total. The van der Waals surface area contributed by atoms with E-state index in [0.717, 1.165) is 17.7 Å². The molecule has 20 heavy (non-hydrogen) atoms. The number of thiophene rings is 1. The molecule has 0 bridgehead atoms. The van der Waals surface area contributed by atoms with Crippen LogP contribution < -0.4 is 11.3 Å². The molecular weight excluding hydrogens is 339 g/mol. The van der Waals surface area contributed by atoms with E-state index in [9.17, 15) is 4.39 Å². The van der Waals surface area contributed by atoms with Crippen molar-refractivity contribution in [2.45, 2.75) is 31.7 Å². The zero-order chi connectivity index (χ0) is 14.1. The van der Waals surface area contributed by atoms with Crippen LogP contribution in [0.2, 0.25) is 0 Å². The Balaban J connectivity index is 2.01. The Morgan fingerprint density at radius 3 is 2.85 bits per heavy atom. The van der Waals surface area contributed by atoms with Crippen molar-refractivity contribution in [1.82, 2.24) is 5.43 Å². The summed E-state index contributed by atoms with van der Waals surface area (Å²) in [6.07, 6.45) is 4.76. The third-order valence-corrected chi connectivity index (χ3v) is 5.67. The molecule has 2 aromatic rings. The third kappa shape index (κ3) is 2.55. The maximum Gasteiger partial charge on any atom is 0.142 e. The minimum Gasteiger partial charge on any atom is -0.271 e. The summed E-state index contributed by atoms with van der Waals surface area (Å²) >= 11 is 4.99. The molecule has 1 atom stereocenters. The van der Waals surface area contributed by atoms with Crippen molar-refractivity contribution < 1.29 is 4.39 Å². The Morgan fingerprint density at radius 1 is 1.30 bits per heavy atom. The zero-order valence-electron chi connectivity index (χ0n) is 11.0. The van der Waals surface area contributed by atoms with Gasteiger partial charge in [-0.25, -0.2) is 9.82 Å². The normalized spacial score (nSPS) is 15.9. The van der Waals surface area contributed by atoms with Gasteiger partial charge in [0.1, 0.15) is 5.82 Å². The van der Waals surface area contributed by atoms with Crippen LogP contribution in [0.25, 0.3) is 0 Å². The molecule has 5 heteroatoms. The number of hydrogen-bond donors (Lipinski definition) is 2. The molecule has 0 saturated heterocycles. The SMILES string of the molecule is NNC(c1cc2c(s1)CCCC2)c1cccc(Br)c1F. The van der Waals surface area contributed by atoms with Crippen LogP contribution in [0.1, 0.15) is 39.8 Å². The predicted octanol–water partition coefficient (Wildman–Crippen LogP) is 4.08. The van der Waals surface area contributed by atoms with E-state index in [1.807, 2.05) is 6.07 Å². The maximum atomic E-state index is 14.3. The fourth-order valence-corrected chi connectivity index (χ4v) is 4.44. The molecule has 0 fully saturated rings. The Kier molecular flexibility index (Phi) is 4.21. The molecular formula is C15H16BrFN2S. The molecule has 1 heterocycles. The van der Waals surface area contributed by atoms with Gasteiger partial charge in [0.2, 0.25) is 0 Å². The predicted molar refractivity (Wildman–Crippen MR) is 84.2 cm³/mol. The monoisotopic (exact) mass is 354 g/mol. The quantitative estimate of drug-likeness (QED) is 0.643. The lowest BCUT2D eigenvalue weighted by Crippen LogP contribution is -2.29. The van der Waals surface area contributed by atoms with Gasteiger partial charge in [-0.05, 0) is 59.3 Å². The number of aryl methyl sites for hydroxylation is 2. The standard InChI is InChI=1S/C15H16BrFN2S/c16-11-6-3-5-10(14(11)17)15(19-18)13-8-9-4-1-2-7-12(9)20-13/h3,5-6,8,15,19H,1-2,4,7,18H2. The second-order valence-electron chi connectivity index (χ2n) is 5.05. The van der Waals surface area contributed by atoms with Crippen LogP contribution in [0.4, 0.5) is 4.39 Å². The molecule has 1 aliphatic rings. The van der Waals surface area contributed by atoms with E-state index >= 15 is 0 Å². The smallest absolute Gasteiger partial charge is 0.142 e. The summed E-state index contributed by atoms with van der Waals surface area (Å²) in [6.45, 7) is 0. The molecule has 0 saturated carbocycles. The van der Waals surface area contributed by atoms with Crippen molar-refractivity contribution in [2.75, 3.05) is 0 Å². The van der Waals surface area contributed by atoms with Crippen molar-refractivity contribution in [2.24, 2.45) is 5.84 Å². The first-order valence-electron chi connectivity index (χ1n) is 6.72. The van der Waals surface area contributed by atoms with E-state index in [1.165, 1.54) is 23.3 Å². The van der Waals surface area contributed by atoms with E-state index in [-0.39, 0.29) is 11.9 Å². The minimum absolute atomic E-state index is 0.248. The van der Waals surface area contributed by atoms with E-state index in [4.69, 9.17) is 5.84 Å². The Hall–Kier alpha value is -0.750. The van der Waals surface area contributed by atoms with Gasteiger partial charge >= 0.3 is 0 Å². The average molecular weight is 355 g/mol. The lowest BCUT2D eigenvalue weighted by Gasteiger charge is -2.16. The topological polar surface area (TPSA) is 38.0 Å². The van der Waals surface area contributed by atoms with Crippen LogP contribution in [0, 0.1) is 5.82 Å². The van der Waals surface area contributed by atoms with Crippen LogP contribution in [0.3, 0.4) is 0 Å². The summed E-state index contributed by atoms with van der Waals surface area (Å²) < 4.78 is 14.7. The summed E-state index contributed by atoms with van der Waals surface area (Å²) in [5, 5.41) is 0. The molecule has 1 aromatic heterocycles. The summed E-state index contributed by atoms with van der Waals surface area (Å²) in [5.41, 5.74) is 4.75. The van der Waals surface area contributed by atoms with Crippen LogP contribution in [0.15, 0.2) is 28.7 Å². The number of rotatable bonds is 3. The first-order chi connectivity index (χ1) is 9.70. The van der Waals surface area contributed by atoms with E-state index in [0.29, 0.717) is 10.0 Å². The van der Waals surface area contributed by atoms with Gasteiger partial charge in [0.05, 0.1) is 10.5 Å². The molecule has 1 unspecified atom stereocenters. The van der Waals surface area contributed by atoms with Crippen molar-refractivity contribution in [3.05, 3.63) is 55.4 Å². The second kappa shape index (κ2) is 5.93. The number of nitrogens with two attached hydrogens (primary N) is 1. The van der Waals surface area contributed by atoms with Gasteiger partial charge in [-0.2, -0.15) is 0 Å². The number of benzene rings is 1. The van der Waals surface area contributed by atoms with Gasteiger partial charge in [0.25, 0.3) is 0 Å². The fourth-order valence-electron chi connectivity index (χ4n) is 2.72. The Bertz CT molecular complexity index is 603. The lowest BCUT2D eigenvalue weighted by molar-refractivity contribution is 0.559. The largest absolute Gasteiger partial charge is 0.271 e. The van der Waals surface area contributed by atoms with Crippen molar-refractivity contribution in [3.8, 4) is 0 Å². The first-order valence-corrected chi connectivity index (χ1v) is 8.33. The minimum atomic E-state index is -0.289. The molecule has 106 valence electrons. The van der Waals surface area contributed by atoms with Gasteiger partial charge in [0, 0.05) is 15.3 Å². The van der Waals surface area contributed by atoms with E-state index in [1.54, 1.807) is 23.5 Å². The van der Waals surface area contributed by atoms with Crippen LogP contribution >= 0.6 is 27.3 Å². The lowest BCUT2D eigenvalue weighted by atomic mass is 9.98. The highest BCUT2D eigenvalue weighted by Crippen LogP contribution is 2.36. The molecule has 3 rings (SSSR count). The summed E-state index contributed by atoms with van der Waals surface area (Å²) in [7, 11) is 0. The van der Waals surface area contributed by atoms with E-state index < -0.39 is 0 Å². The van der Waals surface area contributed by atoms with Gasteiger partial charge < -0.3 is 0 Å². The summed E-state index contributed by atoms with van der Waals surface area (Å²) in [5.74, 6) is 5.44. The van der Waals surface area contributed by atoms with Gasteiger partial charge in [0.15, 0.2) is 0 Å². The Labute approximate surface area is 130 Å². The number of fused-ring (bicyclic) bond motifs is 1. The molecule has 0 aliphatic heterocycles. The van der Waals surface area contributed by atoms with Crippen molar-refractivity contribution >= 4 is 27.3 Å². The highest BCUT2D eigenvalue weighted by molar-refractivity contribution is 9.10. The van der Waals surface area contributed by atoms with Crippen molar-refractivity contribution in [3.63, 3.8) is 0 Å². The molecule has 1 aliphatic carbocycles. The number of halogens is 2. The molecule has 1 aromatic carbocycles. The highest BCUT2D eigenvalue weighted by atomic mass is 79.9. The molecule has 0 radical (unpaired) electrons. The average Bonchev–Trinajstić information content (AvgIpc) is 2.87. The number of hydrazine groups is 1. The molecule has 2 nitrogen and oxygen atoms in total. The second-order valence-corrected chi connectivity index (χ2v) is 7.07. The van der Waals surface area contributed by atoms with Crippen LogP contribution in [0.5, 0.6) is 0 Å². The van der Waals surface area contributed by atoms with E-state index in [2.05, 4.69) is 27.4 Å². The van der Waals surface area contributed by atoms with Gasteiger partial charge in [-0.15, -0.1) is 11.3 Å². The van der Waals surface area contributed by atoms with Crippen LogP contribution in [-0.2, 0) is 12.8 Å². The van der Waals surface area contributed by atoms with Gasteiger partial charge in [-0.3, -0.25) is 5.84 Å².